The molecule has 0 N–H and O–H groups in total. The van der Waals surface area contributed by atoms with Gasteiger partial charge in [0.1, 0.15) is 29.4 Å². The molecule has 4 rings (SSSR count). The van der Waals surface area contributed by atoms with Gasteiger partial charge in [0, 0.05) is 23.4 Å². The first-order chi connectivity index (χ1) is 19.1. The van der Waals surface area contributed by atoms with Gasteiger partial charge in [-0.2, -0.15) is 22.0 Å². The third-order valence-corrected chi connectivity index (χ3v) is 6.13. The van der Waals surface area contributed by atoms with Gasteiger partial charge in [-0.3, -0.25) is 4.98 Å². The van der Waals surface area contributed by atoms with Gasteiger partial charge in [-0.1, -0.05) is 18.2 Å². The number of hydrogen-bond donors (Lipinski definition) is 0. The number of rotatable bonds is 10. The first-order valence-electron chi connectivity index (χ1n) is 11.1. The van der Waals surface area contributed by atoms with Crippen molar-refractivity contribution in [2.75, 3.05) is 6.61 Å². The van der Waals surface area contributed by atoms with Crippen molar-refractivity contribution in [1.29, 1.82) is 0 Å². The Morgan fingerprint density at radius 1 is 0.907 bits per heavy atom. The van der Waals surface area contributed by atoms with E-state index in [1.165, 1.54) is 24.3 Å². The van der Waals surface area contributed by atoms with Gasteiger partial charge in [0.15, 0.2) is 12.2 Å². The molecule has 20 heteroatoms. The molecule has 10 nitrogen and oxygen atoms in total. The minimum Gasteiger partial charge on any atom is -0.790 e. The van der Waals surface area contributed by atoms with Crippen molar-refractivity contribution in [1.82, 2.24) is 25.2 Å². The first kappa shape index (κ1) is 37.3. The molecule has 0 fully saturated rings. The second-order valence-corrected chi connectivity index (χ2v) is 9.51. The molecule has 0 radical (unpaired) electrons. The molecule has 0 saturated carbocycles. The maximum Gasteiger partial charge on any atom is 1.00 e. The number of benzene rings is 2. The van der Waals surface area contributed by atoms with E-state index in [9.17, 15) is 36.3 Å². The Kier molecular flexibility index (Phi) is 12.5. The predicted molar refractivity (Wildman–Crippen MR) is 120 cm³/mol. The number of pyridine rings is 1. The second-order valence-electron chi connectivity index (χ2n) is 8.43. The van der Waals surface area contributed by atoms with Crippen LogP contribution in [0, 0.1) is 11.6 Å². The minimum atomic E-state index is -6.33. The smallest absolute Gasteiger partial charge is 0.790 e. The zero-order chi connectivity index (χ0) is 30.1. The summed E-state index contributed by atoms with van der Waals surface area (Å²) in [7, 11) is -6.33. The van der Waals surface area contributed by atoms with Gasteiger partial charge >= 0.3 is 71.2 Å². The molecular weight excluding hydrogens is 636 g/mol. The van der Waals surface area contributed by atoms with Crippen molar-refractivity contribution in [3.8, 4) is 16.9 Å². The van der Waals surface area contributed by atoms with E-state index >= 15 is 8.78 Å². The number of phosphoric acid groups is 1. The summed E-state index contributed by atoms with van der Waals surface area (Å²) in [5.41, 5.74) is -5.60. The molecule has 0 spiro atoms. The van der Waals surface area contributed by atoms with Crippen LogP contribution in [-0.4, -0.2) is 38.0 Å². The molecule has 0 amide bonds. The van der Waals surface area contributed by atoms with Crippen LogP contribution in [-0.2, 0) is 27.2 Å². The maximum absolute atomic E-state index is 16.3. The summed E-state index contributed by atoms with van der Waals surface area (Å²) in [5.74, 6) is -7.60. The summed E-state index contributed by atoms with van der Waals surface area (Å²) in [4.78, 5) is 27.1. The van der Waals surface area contributed by atoms with Crippen LogP contribution in [0.25, 0.3) is 11.1 Å². The Bertz CT molecular complexity index is 1550. The van der Waals surface area contributed by atoms with Gasteiger partial charge in [-0.05, 0) is 46.3 Å². The van der Waals surface area contributed by atoms with Crippen LogP contribution in [0.2, 0.25) is 0 Å². The Morgan fingerprint density at radius 2 is 1.56 bits per heavy atom. The number of aromatic nitrogens is 5. The van der Waals surface area contributed by atoms with E-state index in [-0.39, 0.29) is 76.5 Å². The minimum absolute atomic E-state index is 0. The van der Waals surface area contributed by atoms with Gasteiger partial charge in [0.25, 0.3) is 0 Å². The van der Waals surface area contributed by atoms with Crippen LogP contribution in [0.5, 0.6) is 5.75 Å². The van der Waals surface area contributed by atoms with Gasteiger partial charge in [0.05, 0.1) is 14.4 Å². The van der Waals surface area contributed by atoms with E-state index in [2.05, 4.69) is 29.8 Å². The summed E-state index contributed by atoms with van der Waals surface area (Å²) in [6.07, 6.45) is -2.89. The van der Waals surface area contributed by atoms with Crippen molar-refractivity contribution in [3.63, 3.8) is 0 Å². The van der Waals surface area contributed by atoms with Crippen molar-refractivity contribution in [2.24, 2.45) is 0 Å². The summed E-state index contributed by atoms with van der Waals surface area (Å²) in [6, 6.07) is 8.08. The molecular formula is C23H15F7N5Na2O5P. The Hall–Kier alpha value is -1.92. The van der Waals surface area contributed by atoms with Gasteiger partial charge in [-0.15, -0.1) is 5.10 Å². The number of phosphoric ester groups is 1. The number of halogens is 7. The number of nitrogens with zero attached hydrogens (tertiary/aromatic N) is 5. The fraction of sp³-hybridized carbons (Fsp3) is 0.217. The largest absolute Gasteiger partial charge is 1.00 e. The predicted octanol–water partition coefficient (Wildman–Crippen LogP) is -2.50. The van der Waals surface area contributed by atoms with Crippen molar-refractivity contribution < 1.29 is 113 Å². The molecule has 0 aliphatic heterocycles. The molecule has 0 bridgehead atoms. The molecule has 1 atom stereocenters. The SMILES string of the molecule is O=P([O-])([O-])OC(Cn1cnnn1)(c1ccc(F)cc1F)C(F)(F)c1ccc(-c2ccc(OCC(F)(F)F)cc2)cn1.[Na+].[Na+]. The van der Waals surface area contributed by atoms with E-state index in [0.717, 1.165) is 24.7 Å². The van der Waals surface area contributed by atoms with Crippen LogP contribution in [0.3, 0.4) is 0 Å². The topological polar surface area (TPSA) is 138 Å². The maximum atomic E-state index is 16.3. The molecule has 2 heterocycles. The van der Waals surface area contributed by atoms with E-state index in [4.69, 9.17) is 0 Å². The molecule has 1 unspecified atom stereocenters. The van der Waals surface area contributed by atoms with E-state index < -0.39 is 61.6 Å². The molecule has 43 heavy (non-hydrogen) atoms. The van der Waals surface area contributed by atoms with Crippen molar-refractivity contribution in [2.45, 2.75) is 24.2 Å². The number of ether oxygens (including phenoxy) is 1. The molecule has 2 aromatic carbocycles. The van der Waals surface area contributed by atoms with Crippen molar-refractivity contribution in [3.05, 3.63) is 90.0 Å². The van der Waals surface area contributed by atoms with Crippen LogP contribution in [0.4, 0.5) is 30.7 Å². The molecule has 218 valence electrons. The zero-order valence-corrected chi connectivity index (χ0v) is 27.0. The van der Waals surface area contributed by atoms with E-state index in [1.807, 2.05) is 0 Å². The fourth-order valence-electron chi connectivity index (χ4n) is 3.84. The molecule has 2 aromatic heterocycles. The summed E-state index contributed by atoms with van der Waals surface area (Å²) < 4.78 is 119. The van der Waals surface area contributed by atoms with Crippen molar-refractivity contribution >= 4 is 7.82 Å². The quantitative estimate of drug-likeness (QED) is 0.104. The summed E-state index contributed by atoms with van der Waals surface area (Å²) in [5, 5.41) is 9.83. The normalized spacial score (nSPS) is 13.4. The van der Waals surface area contributed by atoms with Crippen LogP contribution in [0.1, 0.15) is 11.3 Å². The Morgan fingerprint density at radius 3 is 2.07 bits per heavy atom. The number of hydrogen-bond acceptors (Lipinski definition) is 9. The third-order valence-electron chi connectivity index (χ3n) is 5.59. The van der Waals surface area contributed by atoms with E-state index in [1.54, 1.807) is 0 Å². The number of alkyl halides is 5. The standard InChI is InChI=1S/C23H17F7N5O5P.2Na/c24-16-4-7-18(19(25)9-16)21(40-41(36,37)38,11-35-13-32-33-34-35)23(29,30)20-8-3-15(10-31-20)14-1-5-17(6-2-14)39-12-22(26,27)28;;/h1-10,13H,11-12H2,(H2,36,37,38);;/q;2*+1/p-2. The van der Waals surface area contributed by atoms with Crippen LogP contribution < -0.4 is 73.6 Å². The monoisotopic (exact) mass is 651 g/mol. The third kappa shape index (κ3) is 9.06. The summed E-state index contributed by atoms with van der Waals surface area (Å²) >= 11 is 0. The van der Waals surface area contributed by atoms with Crippen LogP contribution >= 0.6 is 7.82 Å². The number of tetrazole rings is 1. The first-order valence-corrected chi connectivity index (χ1v) is 12.6. The van der Waals surface area contributed by atoms with Gasteiger partial charge in [0.2, 0.25) is 0 Å². The second kappa shape index (κ2) is 14.5. The molecule has 0 saturated heterocycles. The molecule has 0 aliphatic rings. The summed E-state index contributed by atoms with van der Waals surface area (Å²) in [6.45, 7) is -2.87. The van der Waals surface area contributed by atoms with E-state index in [0.29, 0.717) is 22.4 Å². The Labute approximate surface area is 282 Å². The average molecular weight is 651 g/mol. The van der Waals surface area contributed by atoms with Gasteiger partial charge < -0.3 is 23.6 Å². The van der Waals surface area contributed by atoms with Crippen LogP contribution in [0.15, 0.2) is 67.1 Å². The average Bonchev–Trinajstić information content (AvgIpc) is 3.39. The molecule has 0 aliphatic carbocycles. The Balaban J connectivity index is 0.00000323. The molecule has 4 aromatic rings. The zero-order valence-electron chi connectivity index (χ0n) is 22.1. The van der Waals surface area contributed by atoms with Gasteiger partial charge in [-0.25, -0.2) is 13.5 Å². The fourth-order valence-corrected chi connectivity index (χ4v) is 4.50.